The predicted octanol–water partition coefficient (Wildman–Crippen LogP) is 12.3. The summed E-state index contributed by atoms with van der Waals surface area (Å²) in [7, 11) is 7.21. The van der Waals surface area contributed by atoms with Gasteiger partial charge in [-0.25, -0.2) is 0 Å². The van der Waals surface area contributed by atoms with Crippen molar-refractivity contribution in [3.63, 3.8) is 0 Å². The van der Waals surface area contributed by atoms with E-state index in [1.54, 1.807) is 43.2 Å². The second kappa shape index (κ2) is 11.7. The molecular weight excluding hydrogens is 561 g/mol. The van der Waals surface area contributed by atoms with Crippen molar-refractivity contribution in [2.24, 2.45) is 0 Å². The van der Waals surface area contributed by atoms with Crippen molar-refractivity contribution in [1.29, 1.82) is 0 Å². The Bertz CT molecular complexity index is 1490. The molecule has 8 bridgehead atoms. The largest absolute Gasteiger partial charge is 0.0616 e. The Kier molecular flexibility index (Phi) is 7.50. The molecule has 0 amide bonds. The van der Waals surface area contributed by atoms with Gasteiger partial charge >= 0.3 is 0 Å². The van der Waals surface area contributed by atoms with Crippen LogP contribution in [0, 0.1) is 0 Å². The van der Waals surface area contributed by atoms with Crippen LogP contribution in [0.15, 0.2) is 165 Å². The van der Waals surface area contributed by atoms with Crippen LogP contribution in [0.5, 0.6) is 0 Å². The highest BCUT2D eigenvalue weighted by Gasteiger charge is 2.11. The Balaban J connectivity index is 1.27. The summed E-state index contributed by atoms with van der Waals surface area (Å²) >= 11 is 0. The smallest absolute Gasteiger partial charge is 0.0186 e. The van der Waals surface area contributed by atoms with Gasteiger partial charge in [-0.05, 0) is 93.0 Å². The van der Waals surface area contributed by atoms with Crippen LogP contribution in [-0.2, 0) is 0 Å². The quantitative estimate of drug-likeness (QED) is 0.163. The lowest BCUT2D eigenvalue weighted by molar-refractivity contribution is 1.44. The average molecular weight is 585 g/mol. The van der Waals surface area contributed by atoms with Crippen molar-refractivity contribution in [3.05, 3.63) is 146 Å². The van der Waals surface area contributed by atoms with E-state index in [9.17, 15) is 0 Å². The fourth-order valence-electron chi connectivity index (χ4n) is 4.93. The van der Waals surface area contributed by atoms with E-state index in [1.165, 1.54) is 64.1 Å². The molecule has 0 N–H and O–H groups in total. The maximum atomic E-state index is 2.24. The second-order valence-corrected chi connectivity index (χ2v) is 14.1. The van der Waals surface area contributed by atoms with Crippen molar-refractivity contribution in [2.75, 3.05) is 0 Å². The van der Waals surface area contributed by atoms with Gasteiger partial charge in [0.25, 0.3) is 0 Å². The zero-order valence-electron chi connectivity index (χ0n) is 21.5. The standard InChI is InChI=1S/C36H24S4/c1-2-6-34-26-11-19-30(20-12-26)38-40-32-23-15-28(16-24-32)36-8-4-3-7-35(36)27-13-21-31(22-14-27)39-37-29-17-9-25(10-18-29)33(34)5-1/h1-24H. The molecule has 0 spiro atoms. The summed E-state index contributed by atoms with van der Waals surface area (Å²) in [6, 6.07) is 53.2. The van der Waals surface area contributed by atoms with Gasteiger partial charge in [0, 0.05) is 19.6 Å². The van der Waals surface area contributed by atoms with Crippen LogP contribution in [0.3, 0.4) is 0 Å². The molecule has 7 aliphatic rings. The molecule has 4 heteroatoms. The van der Waals surface area contributed by atoms with Crippen LogP contribution in [0.4, 0.5) is 0 Å². The Hall–Kier alpha value is -3.28. The minimum Gasteiger partial charge on any atom is -0.0616 e. The summed E-state index contributed by atoms with van der Waals surface area (Å²) in [5, 5.41) is 0. The van der Waals surface area contributed by atoms with Gasteiger partial charge in [-0.15, -0.1) is 0 Å². The molecule has 0 unspecified atom stereocenters. The maximum Gasteiger partial charge on any atom is 0.0186 e. The molecule has 0 aromatic heterocycles. The average Bonchev–Trinajstić information content (AvgIpc) is 3.03. The minimum atomic E-state index is 1.24. The third kappa shape index (κ3) is 5.50. The Labute approximate surface area is 251 Å². The lowest BCUT2D eigenvalue weighted by Crippen LogP contribution is -1.86. The van der Waals surface area contributed by atoms with Crippen molar-refractivity contribution < 1.29 is 0 Å². The predicted molar refractivity (Wildman–Crippen MR) is 178 cm³/mol. The number of benzene rings is 6. The Morgan fingerprint density at radius 3 is 0.625 bits per heavy atom. The molecule has 6 aromatic carbocycles. The molecule has 0 aliphatic carbocycles. The first-order valence-electron chi connectivity index (χ1n) is 13.1. The van der Waals surface area contributed by atoms with E-state index in [0.717, 1.165) is 0 Å². The van der Waals surface area contributed by atoms with E-state index in [4.69, 9.17) is 0 Å². The van der Waals surface area contributed by atoms with Crippen LogP contribution < -0.4 is 0 Å². The fourth-order valence-corrected chi connectivity index (χ4v) is 8.79. The summed E-state index contributed by atoms with van der Waals surface area (Å²) in [4.78, 5) is 4.99. The Morgan fingerprint density at radius 1 is 0.225 bits per heavy atom. The number of rotatable bonds is 0. The summed E-state index contributed by atoms with van der Waals surface area (Å²) < 4.78 is 0. The molecule has 7 aliphatic heterocycles. The lowest BCUT2D eigenvalue weighted by Gasteiger charge is -2.13. The van der Waals surface area contributed by atoms with E-state index in [-0.39, 0.29) is 0 Å². The van der Waals surface area contributed by atoms with Crippen LogP contribution >= 0.6 is 43.2 Å². The van der Waals surface area contributed by atoms with Crippen LogP contribution in [-0.4, -0.2) is 0 Å². The molecule has 6 aromatic rings. The molecule has 0 saturated heterocycles. The monoisotopic (exact) mass is 584 g/mol. The van der Waals surface area contributed by atoms with Gasteiger partial charge in [0.1, 0.15) is 0 Å². The van der Waals surface area contributed by atoms with Gasteiger partial charge in [0.2, 0.25) is 0 Å². The molecule has 0 saturated carbocycles. The molecule has 0 radical (unpaired) electrons. The van der Waals surface area contributed by atoms with Crippen LogP contribution in [0.1, 0.15) is 0 Å². The van der Waals surface area contributed by atoms with Gasteiger partial charge in [0.05, 0.1) is 0 Å². The minimum absolute atomic E-state index is 1.24. The van der Waals surface area contributed by atoms with E-state index in [1.807, 2.05) is 0 Å². The number of hydrogen-bond donors (Lipinski definition) is 0. The van der Waals surface area contributed by atoms with Crippen molar-refractivity contribution >= 4 is 43.2 Å². The normalized spacial score (nSPS) is 12.6. The lowest BCUT2D eigenvalue weighted by atomic mass is 9.95. The SMILES string of the molecule is c1ccc2c(c1)-c1ccc(cc1)SSc1ccc(cc1)-c1ccccc1-c1ccc(cc1)SSc1ccc-2cc1. The summed E-state index contributed by atoms with van der Waals surface area (Å²) in [6.45, 7) is 0. The summed E-state index contributed by atoms with van der Waals surface area (Å²) in [5.41, 5.74) is 9.97. The molecule has 0 nitrogen and oxygen atoms in total. The van der Waals surface area contributed by atoms with Gasteiger partial charge in [-0.3, -0.25) is 0 Å². The van der Waals surface area contributed by atoms with Crippen molar-refractivity contribution in [1.82, 2.24) is 0 Å². The highest BCUT2D eigenvalue weighted by atomic mass is 33.1. The van der Waals surface area contributed by atoms with Crippen LogP contribution in [0.2, 0.25) is 0 Å². The highest BCUT2D eigenvalue weighted by Crippen LogP contribution is 2.42. The molecule has 0 fully saturated rings. The van der Waals surface area contributed by atoms with Crippen molar-refractivity contribution in [2.45, 2.75) is 19.6 Å². The van der Waals surface area contributed by atoms with Crippen molar-refractivity contribution in [3.8, 4) is 44.5 Å². The summed E-state index contributed by atoms with van der Waals surface area (Å²) in [6.07, 6.45) is 0. The van der Waals surface area contributed by atoms with Gasteiger partial charge in [-0.2, -0.15) is 0 Å². The topological polar surface area (TPSA) is 0 Å². The first-order chi connectivity index (χ1) is 19.8. The summed E-state index contributed by atoms with van der Waals surface area (Å²) in [5.74, 6) is 0. The first kappa shape index (κ1) is 25.7. The first-order valence-corrected chi connectivity index (χ1v) is 17.4. The second-order valence-electron chi connectivity index (χ2n) is 9.52. The maximum absolute atomic E-state index is 2.24. The van der Waals surface area contributed by atoms with Gasteiger partial charge < -0.3 is 0 Å². The van der Waals surface area contributed by atoms with Crippen LogP contribution in [0.25, 0.3) is 44.5 Å². The van der Waals surface area contributed by atoms with E-state index in [0.29, 0.717) is 0 Å². The third-order valence-electron chi connectivity index (χ3n) is 6.98. The van der Waals surface area contributed by atoms with Gasteiger partial charge in [0.15, 0.2) is 0 Å². The van der Waals surface area contributed by atoms with E-state index >= 15 is 0 Å². The Morgan fingerprint density at radius 2 is 0.425 bits per heavy atom. The highest BCUT2D eigenvalue weighted by molar-refractivity contribution is 8.77. The van der Waals surface area contributed by atoms with E-state index in [2.05, 4.69) is 146 Å². The zero-order chi connectivity index (χ0) is 26.7. The molecule has 192 valence electrons. The zero-order valence-corrected chi connectivity index (χ0v) is 24.8. The number of hydrogen-bond acceptors (Lipinski definition) is 4. The van der Waals surface area contributed by atoms with E-state index < -0.39 is 0 Å². The fraction of sp³-hybridized carbons (Fsp3) is 0. The molecule has 13 rings (SSSR count). The third-order valence-corrected chi connectivity index (χ3v) is 11.8. The van der Waals surface area contributed by atoms with Gasteiger partial charge in [-0.1, -0.05) is 140 Å². The molecule has 7 heterocycles. The molecular formula is C36H24S4. The molecule has 0 atom stereocenters. The molecule has 40 heavy (non-hydrogen) atoms.